The second-order valence-corrected chi connectivity index (χ2v) is 4.77. The van der Waals surface area contributed by atoms with Gasteiger partial charge < -0.3 is 15.5 Å². The molecule has 1 aliphatic carbocycles. The van der Waals surface area contributed by atoms with Crippen molar-refractivity contribution in [2.24, 2.45) is 0 Å². The predicted octanol–water partition coefficient (Wildman–Crippen LogP) is 0.280. The number of nitrogens with one attached hydrogen (secondary N) is 1. The highest BCUT2D eigenvalue weighted by Crippen LogP contribution is 2.22. The Balaban J connectivity index is 1.97. The van der Waals surface area contributed by atoms with Crippen molar-refractivity contribution >= 4 is 11.9 Å². The highest BCUT2D eigenvalue weighted by molar-refractivity contribution is 5.84. The topological polar surface area (TPSA) is 86.6 Å². The lowest BCUT2D eigenvalue weighted by atomic mass is 10.0. The zero-order chi connectivity index (χ0) is 13.8. The lowest BCUT2D eigenvalue weighted by Gasteiger charge is -2.12. The number of carbonyl (C=O) groups excluding carboxylic acids is 1. The molecule has 0 saturated carbocycles. The Morgan fingerprint density at radius 2 is 2.00 bits per heavy atom. The summed E-state index contributed by atoms with van der Waals surface area (Å²) in [6, 6.07) is 4.71. The van der Waals surface area contributed by atoms with Crippen LogP contribution in [0.15, 0.2) is 18.2 Å². The van der Waals surface area contributed by atoms with Gasteiger partial charge >= 0.3 is 5.97 Å². The zero-order valence-electron chi connectivity index (χ0n) is 10.6. The molecule has 0 aromatic heterocycles. The number of aliphatic hydroxyl groups excluding tert-OH is 1. The van der Waals surface area contributed by atoms with Gasteiger partial charge in [0.25, 0.3) is 0 Å². The molecule has 0 radical (unpaired) electrons. The molecule has 0 aliphatic heterocycles. The Hall–Kier alpha value is -1.88. The van der Waals surface area contributed by atoms with E-state index in [1.165, 1.54) is 11.1 Å². The van der Waals surface area contributed by atoms with Crippen LogP contribution in [0, 0.1) is 0 Å². The van der Waals surface area contributed by atoms with Gasteiger partial charge in [0.05, 0.1) is 13.0 Å². The molecule has 2 rings (SSSR count). The summed E-state index contributed by atoms with van der Waals surface area (Å²) in [6.07, 6.45) is 3.42. The zero-order valence-corrected chi connectivity index (χ0v) is 10.6. The Morgan fingerprint density at radius 3 is 2.68 bits per heavy atom. The molecular formula is C14H17NO4. The van der Waals surface area contributed by atoms with Crippen LogP contribution in [0.5, 0.6) is 0 Å². The average Bonchev–Trinajstić information content (AvgIpc) is 2.82. The van der Waals surface area contributed by atoms with Crippen LogP contribution in [-0.4, -0.2) is 34.7 Å². The minimum atomic E-state index is -1.23. The third-order valence-corrected chi connectivity index (χ3v) is 3.34. The summed E-state index contributed by atoms with van der Waals surface area (Å²) >= 11 is 0. The van der Waals surface area contributed by atoms with Crippen molar-refractivity contribution < 1.29 is 19.8 Å². The molecule has 1 aromatic carbocycles. The van der Waals surface area contributed by atoms with Crippen molar-refractivity contribution in [1.82, 2.24) is 5.32 Å². The number of aliphatic carboxylic acids is 1. The fraction of sp³-hybridized carbons (Fsp3) is 0.429. The summed E-state index contributed by atoms with van der Waals surface area (Å²) in [6.45, 7) is -0.606. The van der Waals surface area contributed by atoms with Crippen LogP contribution in [0.4, 0.5) is 0 Å². The standard InChI is InChI=1S/C14H17NO4/c16-8-12(14(18)19)15-13(17)7-9-4-5-10-2-1-3-11(10)6-9/h4-6,12,16H,1-3,7-8H2,(H,15,17)(H,18,19). The van der Waals surface area contributed by atoms with Crippen molar-refractivity contribution in [3.05, 3.63) is 34.9 Å². The van der Waals surface area contributed by atoms with Gasteiger partial charge in [-0.05, 0) is 36.0 Å². The quantitative estimate of drug-likeness (QED) is 0.712. The molecule has 0 bridgehead atoms. The Morgan fingerprint density at radius 1 is 1.26 bits per heavy atom. The minimum Gasteiger partial charge on any atom is -0.480 e. The van der Waals surface area contributed by atoms with Gasteiger partial charge in [0.2, 0.25) is 5.91 Å². The highest BCUT2D eigenvalue weighted by atomic mass is 16.4. The largest absolute Gasteiger partial charge is 0.480 e. The van der Waals surface area contributed by atoms with E-state index in [1.54, 1.807) is 0 Å². The molecule has 0 heterocycles. The number of hydrogen-bond donors (Lipinski definition) is 3. The van der Waals surface area contributed by atoms with Crippen molar-refractivity contribution in [2.45, 2.75) is 31.7 Å². The molecule has 5 heteroatoms. The van der Waals surface area contributed by atoms with Gasteiger partial charge in [0.15, 0.2) is 0 Å². The second kappa shape index (κ2) is 5.84. The second-order valence-electron chi connectivity index (χ2n) is 4.77. The maximum Gasteiger partial charge on any atom is 0.328 e. The molecule has 3 N–H and O–H groups in total. The molecule has 0 fully saturated rings. The van der Waals surface area contributed by atoms with Gasteiger partial charge in [-0.3, -0.25) is 4.79 Å². The summed E-state index contributed by atoms with van der Waals surface area (Å²) in [5.41, 5.74) is 3.49. The normalized spacial score (nSPS) is 14.8. The van der Waals surface area contributed by atoms with Crippen LogP contribution in [0.25, 0.3) is 0 Å². The number of carboxylic acid groups (broad SMARTS) is 1. The first-order valence-corrected chi connectivity index (χ1v) is 6.34. The van der Waals surface area contributed by atoms with Gasteiger partial charge in [-0.2, -0.15) is 0 Å². The molecule has 5 nitrogen and oxygen atoms in total. The Kier molecular flexibility index (Phi) is 4.16. The summed E-state index contributed by atoms with van der Waals surface area (Å²) in [4.78, 5) is 22.4. The summed E-state index contributed by atoms with van der Waals surface area (Å²) < 4.78 is 0. The van der Waals surface area contributed by atoms with Crippen LogP contribution in [-0.2, 0) is 28.9 Å². The molecule has 102 valence electrons. The van der Waals surface area contributed by atoms with Crippen LogP contribution in [0.2, 0.25) is 0 Å². The predicted molar refractivity (Wildman–Crippen MR) is 68.8 cm³/mol. The Labute approximate surface area is 111 Å². The molecule has 1 aliphatic rings. The van der Waals surface area contributed by atoms with E-state index in [9.17, 15) is 9.59 Å². The fourth-order valence-corrected chi connectivity index (χ4v) is 2.35. The van der Waals surface area contributed by atoms with Gasteiger partial charge in [0, 0.05) is 0 Å². The van der Waals surface area contributed by atoms with Crippen LogP contribution >= 0.6 is 0 Å². The van der Waals surface area contributed by atoms with Gasteiger partial charge in [0.1, 0.15) is 6.04 Å². The number of fused-ring (bicyclic) bond motifs is 1. The van der Waals surface area contributed by atoms with Gasteiger partial charge in [-0.15, -0.1) is 0 Å². The van der Waals surface area contributed by atoms with Gasteiger partial charge in [-0.1, -0.05) is 18.2 Å². The maximum atomic E-state index is 11.7. The molecule has 1 amide bonds. The van der Waals surface area contributed by atoms with Crippen LogP contribution in [0.1, 0.15) is 23.1 Å². The summed E-state index contributed by atoms with van der Waals surface area (Å²) in [7, 11) is 0. The molecule has 1 unspecified atom stereocenters. The van der Waals surface area contributed by atoms with Crippen molar-refractivity contribution in [1.29, 1.82) is 0 Å². The van der Waals surface area contributed by atoms with E-state index in [2.05, 4.69) is 5.32 Å². The monoisotopic (exact) mass is 263 g/mol. The number of carboxylic acids is 1. The van der Waals surface area contributed by atoms with Crippen LogP contribution in [0.3, 0.4) is 0 Å². The number of rotatable bonds is 5. The summed E-state index contributed by atoms with van der Waals surface area (Å²) in [5.74, 6) is -1.62. The maximum absolute atomic E-state index is 11.7. The molecule has 0 saturated heterocycles. The number of amides is 1. The lowest BCUT2D eigenvalue weighted by Crippen LogP contribution is -2.43. The van der Waals surface area contributed by atoms with Crippen LogP contribution < -0.4 is 5.32 Å². The highest BCUT2D eigenvalue weighted by Gasteiger charge is 2.19. The van der Waals surface area contributed by atoms with Crippen molar-refractivity contribution in [3.63, 3.8) is 0 Å². The number of hydrogen-bond acceptors (Lipinski definition) is 3. The van der Waals surface area contributed by atoms with E-state index in [0.717, 1.165) is 24.8 Å². The van der Waals surface area contributed by atoms with E-state index in [-0.39, 0.29) is 12.3 Å². The molecule has 1 atom stereocenters. The number of benzene rings is 1. The fourth-order valence-electron chi connectivity index (χ4n) is 2.35. The Bertz CT molecular complexity index is 498. The third-order valence-electron chi connectivity index (χ3n) is 3.34. The number of carbonyl (C=O) groups is 2. The summed E-state index contributed by atoms with van der Waals surface area (Å²) in [5, 5.41) is 19.9. The van der Waals surface area contributed by atoms with E-state index in [4.69, 9.17) is 10.2 Å². The molecular weight excluding hydrogens is 246 g/mol. The first kappa shape index (κ1) is 13.5. The number of aryl methyl sites for hydroxylation is 2. The van der Waals surface area contributed by atoms with Crippen molar-refractivity contribution in [3.8, 4) is 0 Å². The first-order chi connectivity index (χ1) is 9.10. The van der Waals surface area contributed by atoms with Crippen molar-refractivity contribution in [2.75, 3.05) is 6.61 Å². The van der Waals surface area contributed by atoms with E-state index >= 15 is 0 Å². The lowest BCUT2D eigenvalue weighted by molar-refractivity contribution is -0.142. The molecule has 19 heavy (non-hydrogen) atoms. The average molecular weight is 263 g/mol. The molecule has 0 spiro atoms. The van der Waals surface area contributed by atoms with E-state index in [1.807, 2.05) is 18.2 Å². The number of aliphatic hydroxyl groups is 1. The first-order valence-electron chi connectivity index (χ1n) is 6.34. The third kappa shape index (κ3) is 3.32. The van der Waals surface area contributed by atoms with Gasteiger partial charge in [-0.25, -0.2) is 4.79 Å². The van der Waals surface area contributed by atoms with E-state index < -0.39 is 18.6 Å². The minimum absolute atomic E-state index is 0.136. The smallest absolute Gasteiger partial charge is 0.328 e. The SMILES string of the molecule is O=C(Cc1ccc2c(c1)CCC2)NC(CO)C(=O)O. The molecule has 1 aromatic rings. The van der Waals surface area contributed by atoms with E-state index in [0.29, 0.717) is 0 Å².